The number of nitrogens with zero attached hydrogens (tertiary/aromatic N) is 1. The molecule has 0 amide bonds. The van der Waals surface area contributed by atoms with Gasteiger partial charge in [-0.1, -0.05) is 66.7 Å². The van der Waals surface area contributed by atoms with Gasteiger partial charge in [0.2, 0.25) is 7.29 Å². The first-order valence-corrected chi connectivity index (χ1v) is 9.86. The molecule has 1 aliphatic heterocycles. The van der Waals surface area contributed by atoms with Crippen molar-refractivity contribution in [2.24, 2.45) is 0 Å². The first-order chi connectivity index (χ1) is 11.7. The average Bonchev–Trinajstić information content (AvgIpc) is 3.37. The van der Waals surface area contributed by atoms with Crippen molar-refractivity contribution in [2.75, 3.05) is 6.54 Å². The molecule has 0 radical (unpaired) electrons. The zero-order valence-electron chi connectivity index (χ0n) is 13.7. The van der Waals surface area contributed by atoms with E-state index in [9.17, 15) is 4.57 Å². The monoisotopic (exact) mass is 333 g/mol. The molecule has 2 nitrogen and oxygen atoms in total. The highest BCUT2D eigenvalue weighted by atomic mass is 31.2. The van der Waals surface area contributed by atoms with Gasteiger partial charge in [0.25, 0.3) is 0 Å². The number of hydrogen-bond acceptors (Lipinski definition) is 1. The lowest BCUT2D eigenvalue weighted by Crippen LogP contribution is -2.24. The number of hydrogen-bond donors (Lipinski definition) is 0. The van der Waals surface area contributed by atoms with E-state index in [1.807, 2.05) is 78.9 Å². The Labute approximate surface area is 143 Å². The molecule has 4 rings (SSSR count). The van der Waals surface area contributed by atoms with Crippen LogP contribution in [-0.2, 0) is 10.1 Å². The lowest BCUT2D eigenvalue weighted by atomic mass is 10.0. The fourth-order valence-corrected chi connectivity index (χ4v) is 6.61. The summed E-state index contributed by atoms with van der Waals surface area (Å²) in [6.07, 6.45) is 0. The number of rotatable bonds is 4. The molecule has 3 aromatic rings. The van der Waals surface area contributed by atoms with Crippen LogP contribution in [0.3, 0.4) is 0 Å². The Hall–Kier alpha value is -2.15. The van der Waals surface area contributed by atoms with Crippen molar-refractivity contribution in [3.63, 3.8) is 0 Å². The lowest BCUT2D eigenvalue weighted by Gasteiger charge is -2.24. The molecule has 24 heavy (non-hydrogen) atoms. The van der Waals surface area contributed by atoms with E-state index in [-0.39, 0.29) is 5.54 Å². The minimum Gasteiger partial charge on any atom is -0.296 e. The molecular formula is C21H20NOP. The molecule has 2 atom stereocenters. The fourth-order valence-electron chi connectivity index (χ4n) is 3.39. The molecule has 0 N–H and O–H groups in total. The number of benzene rings is 3. The third kappa shape index (κ3) is 2.34. The van der Waals surface area contributed by atoms with Crippen LogP contribution >= 0.6 is 7.29 Å². The molecule has 0 aromatic heterocycles. The first-order valence-electron chi connectivity index (χ1n) is 8.21. The predicted octanol–water partition coefficient (Wildman–Crippen LogP) is 4.15. The van der Waals surface area contributed by atoms with Crippen LogP contribution in [0, 0.1) is 0 Å². The third-order valence-corrected chi connectivity index (χ3v) is 8.13. The van der Waals surface area contributed by atoms with Gasteiger partial charge in [0, 0.05) is 17.2 Å². The van der Waals surface area contributed by atoms with E-state index in [2.05, 4.69) is 23.7 Å². The highest BCUT2D eigenvalue weighted by molar-refractivity contribution is 7.76. The van der Waals surface area contributed by atoms with E-state index in [4.69, 9.17) is 0 Å². The summed E-state index contributed by atoms with van der Waals surface area (Å²) in [6, 6.07) is 30.1. The summed E-state index contributed by atoms with van der Waals surface area (Å²) < 4.78 is 16.5. The van der Waals surface area contributed by atoms with Crippen LogP contribution in [0.25, 0.3) is 0 Å². The molecule has 3 aromatic carbocycles. The van der Waals surface area contributed by atoms with Crippen molar-refractivity contribution in [1.82, 2.24) is 4.67 Å². The third-order valence-electron chi connectivity index (χ3n) is 4.87. The Kier molecular flexibility index (Phi) is 3.68. The van der Waals surface area contributed by atoms with Gasteiger partial charge in [0.05, 0.1) is 5.54 Å². The van der Waals surface area contributed by atoms with Gasteiger partial charge in [-0.2, -0.15) is 0 Å². The molecule has 3 heteroatoms. The van der Waals surface area contributed by atoms with Gasteiger partial charge in [0.15, 0.2) is 0 Å². The molecule has 1 unspecified atom stereocenters. The van der Waals surface area contributed by atoms with E-state index in [0.717, 1.165) is 17.2 Å². The highest BCUT2D eigenvalue weighted by Gasteiger charge is 2.58. The van der Waals surface area contributed by atoms with E-state index in [1.165, 1.54) is 5.56 Å². The second-order valence-corrected chi connectivity index (χ2v) is 9.11. The van der Waals surface area contributed by atoms with Crippen molar-refractivity contribution < 1.29 is 4.57 Å². The molecule has 1 heterocycles. The SMILES string of the molecule is C[C@]1(c2ccccc2)CN1P(=O)(c1ccccc1)c1ccccc1. The van der Waals surface area contributed by atoms with Crippen molar-refractivity contribution in [2.45, 2.75) is 12.5 Å². The summed E-state index contributed by atoms with van der Waals surface area (Å²) >= 11 is 0. The fraction of sp³-hybridized carbons (Fsp3) is 0.143. The van der Waals surface area contributed by atoms with Crippen molar-refractivity contribution in [3.8, 4) is 0 Å². The van der Waals surface area contributed by atoms with Crippen LogP contribution in [0.5, 0.6) is 0 Å². The summed E-state index contributed by atoms with van der Waals surface area (Å²) in [5, 5.41) is 1.80. The standard InChI is InChI=1S/C21H20NOP/c1-21(18-11-5-2-6-12-18)17-22(21)24(23,19-13-7-3-8-14-19)20-15-9-4-10-16-20/h2-16H,17H2,1H3/t21-,22?/m1/s1. The van der Waals surface area contributed by atoms with Crippen molar-refractivity contribution in [3.05, 3.63) is 96.6 Å². The molecule has 1 saturated heterocycles. The Morgan fingerprint density at radius 2 is 1.17 bits per heavy atom. The summed E-state index contributed by atoms with van der Waals surface area (Å²) in [5.41, 5.74) is 1.04. The molecule has 0 saturated carbocycles. The van der Waals surface area contributed by atoms with Gasteiger partial charge in [-0.05, 0) is 36.8 Å². The summed E-state index contributed by atoms with van der Waals surface area (Å²) in [7, 11) is -2.84. The maximum absolute atomic E-state index is 14.3. The largest absolute Gasteiger partial charge is 0.296 e. The van der Waals surface area contributed by atoms with Crippen LogP contribution in [0.1, 0.15) is 12.5 Å². The second-order valence-electron chi connectivity index (χ2n) is 6.44. The Balaban J connectivity index is 1.83. The predicted molar refractivity (Wildman–Crippen MR) is 100 cm³/mol. The van der Waals surface area contributed by atoms with Crippen LogP contribution in [0.2, 0.25) is 0 Å². The molecule has 0 spiro atoms. The van der Waals surface area contributed by atoms with Crippen LogP contribution in [0.15, 0.2) is 91.0 Å². The molecule has 120 valence electrons. The van der Waals surface area contributed by atoms with Crippen LogP contribution in [-0.4, -0.2) is 11.2 Å². The molecule has 1 aliphatic rings. The molecule has 0 bridgehead atoms. The smallest absolute Gasteiger partial charge is 0.208 e. The van der Waals surface area contributed by atoms with Gasteiger partial charge >= 0.3 is 0 Å². The van der Waals surface area contributed by atoms with Gasteiger partial charge in [-0.25, -0.2) is 4.67 Å². The quantitative estimate of drug-likeness (QED) is 0.528. The highest BCUT2D eigenvalue weighted by Crippen LogP contribution is 2.62. The molecule has 0 aliphatic carbocycles. The van der Waals surface area contributed by atoms with E-state index in [1.54, 1.807) is 0 Å². The van der Waals surface area contributed by atoms with Crippen molar-refractivity contribution in [1.29, 1.82) is 0 Å². The Bertz CT molecular complexity index is 836. The summed E-state index contributed by atoms with van der Waals surface area (Å²) in [5.74, 6) is 0. The normalized spacial score (nSPS) is 23.0. The van der Waals surface area contributed by atoms with Gasteiger partial charge in [-0.15, -0.1) is 0 Å². The van der Waals surface area contributed by atoms with E-state index >= 15 is 0 Å². The topological polar surface area (TPSA) is 20.1 Å². The maximum Gasteiger partial charge on any atom is 0.208 e. The minimum absolute atomic E-state index is 0.178. The Morgan fingerprint density at radius 3 is 1.62 bits per heavy atom. The Morgan fingerprint density at radius 1 is 0.750 bits per heavy atom. The second kappa shape index (κ2) is 5.73. The van der Waals surface area contributed by atoms with Crippen LogP contribution < -0.4 is 10.6 Å². The summed E-state index contributed by atoms with van der Waals surface area (Å²) in [4.78, 5) is 0. The van der Waals surface area contributed by atoms with Crippen LogP contribution in [0.4, 0.5) is 0 Å². The van der Waals surface area contributed by atoms with E-state index < -0.39 is 7.29 Å². The summed E-state index contributed by atoms with van der Waals surface area (Å²) in [6.45, 7) is 2.99. The zero-order chi connectivity index (χ0) is 16.6. The van der Waals surface area contributed by atoms with Crippen molar-refractivity contribution >= 4 is 17.9 Å². The molecule has 1 fully saturated rings. The first kappa shape index (κ1) is 15.4. The van der Waals surface area contributed by atoms with E-state index in [0.29, 0.717) is 0 Å². The van der Waals surface area contributed by atoms with Gasteiger partial charge in [0.1, 0.15) is 0 Å². The maximum atomic E-state index is 14.3. The minimum atomic E-state index is -2.84. The lowest BCUT2D eigenvalue weighted by molar-refractivity contribution is 0.534. The zero-order valence-corrected chi connectivity index (χ0v) is 14.6. The van der Waals surface area contributed by atoms with Gasteiger partial charge < -0.3 is 0 Å². The van der Waals surface area contributed by atoms with Gasteiger partial charge in [-0.3, -0.25) is 4.57 Å². The molecular weight excluding hydrogens is 313 g/mol. The average molecular weight is 333 g/mol.